The maximum atomic E-state index is 13.2. The van der Waals surface area contributed by atoms with Crippen LogP contribution in [-0.2, 0) is 15.0 Å². The van der Waals surface area contributed by atoms with Crippen LogP contribution in [0.4, 0.5) is 5.69 Å². The third kappa shape index (κ3) is 5.07. The fourth-order valence-electron chi connectivity index (χ4n) is 4.23. The average Bonchev–Trinajstić information content (AvgIpc) is 2.77. The molecule has 1 amide bonds. The molecule has 2 aromatic carbocycles. The fourth-order valence-corrected chi connectivity index (χ4v) is 4.23. The third-order valence-electron chi connectivity index (χ3n) is 6.03. The molecule has 1 aliphatic carbocycles. The minimum absolute atomic E-state index is 0.0142. The number of nitrogens with zero attached hydrogens (tertiary/aromatic N) is 1. The number of carbonyl (C=O) groups is 2. The molecule has 0 spiro atoms. The molecule has 164 valence electrons. The first-order valence-electron chi connectivity index (χ1n) is 11.0. The van der Waals surface area contributed by atoms with Crippen LogP contribution < -0.4 is 9.64 Å². The molecule has 4 nitrogen and oxygen atoms in total. The Bertz CT molecular complexity index is 942. The highest BCUT2D eigenvalue weighted by atomic mass is 16.5. The maximum Gasteiger partial charge on any atom is 0.236 e. The highest BCUT2D eigenvalue weighted by Gasteiger charge is 2.40. The molecular formula is C27H33NO3. The molecule has 0 saturated heterocycles. The van der Waals surface area contributed by atoms with Gasteiger partial charge in [-0.2, -0.15) is 0 Å². The van der Waals surface area contributed by atoms with Crippen LogP contribution in [0, 0.1) is 5.41 Å². The number of Topliss-reactive ketones (excluding diaryl/α,β-unsaturated/α-hetero) is 1. The zero-order valence-corrected chi connectivity index (χ0v) is 19.1. The van der Waals surface area contributed by atoms with Gasteiger partial charge in [0.1, 0.15) is 11.5 Å². The van der Waals surface area contributed by atoms with E-state index in [2.05, 4.69) is 0 Å². The summed E-state index contributed by atoms with van der Waals surface area (Å²) >= 11 is 0. The number of ether oxygens (including phenoxy) is 1. The lowest BCUT2D eigenvalue weighted by Crippen LogP contribution is -2.39. The first-order chi connectivity index (χ1) is 14.8. The molecule has 1 saturated carbocycles. The van der Waals surface area contributed by atoms with Crippen molar-refractivity contribution in [2.75, 3.05) is 12.0 Å². The van der Waals surface area contributed by atoms with Crippen LogP contribution in [0.15, 0.2) is 66.9 Å². The van der Waals surface area contributed by atoms with E-state index in [-0.39, 0.29) is 11.7 Å². The molecule has 0 heterocycles. The van der Waals surface area contributed by atoms with Gasteiger partial charge in [0, 0.05) is 23.7 Å². The van der Waals surface area contributed by atoms with E-state index < -0.39 is 10.8 Å². The summed E-state index contributed by atoms with van der Waals surface area (Å²) in [6.45, 7) is 5.75. The van der Waals surface area contributed by atoms with Crippen LogP contribution in [0.2, 0.25) is 0 Å². The molecule has 1 fully saturated rings. The summed E-state index contributed by atoms with van der Waals surface area (Å²) in [5.41, 5.74) is 0.723. The average molecular weight is 420 g/mol. The summed E-state index contributed by atoms with van der Waals surface area (Å²) in [6, 6.07) is 17.5. The third-order valence-corrected chi connectivity index (χ3v) is 6.03. The van der Waals surface area contributed by atoms with E-state index in [1.54, 1.807) is 12.0 Å². The summed E-state index contributed by atoms with van der Waals surface area (Å²) in [7, 11) is 1.64. The van der Waals surface area contributed by atoms with Crippen molar-refractivity contribution in [2.45, 2.75) is 58.3 Å². The van der Waals surface area contributed by atoms with Crippen molar-refractivity contribution in [3.8, 4) is 5.75 Å². The number of allylic oxidation sites excluding steroid dienone is 1. The number of hydrogen-bond acceptors (Lipinski definition) is 3. The van der Waals surface area contributed by atoms with Crippen molar-refractivity contribution in [2.24, 2.45) is 5.41 Å². The Balaban J connectivity index is 1.95. The molecule has 0 aromatic heterocycles. The molecule has 2 aromatic rings. The van der Waals surface area contributed by atoms with Crippen LogP contribution in [-0.4, -0.2) is 18.8 Å². The maximum absolute atomic E-state index is 13.2. The predicted octanol–water partition coefficient (Wildman–Crippen LogP) is 6.06. The van der Waals surface area contributed by atoms with E-state index in [1.165, 1.54) is 0 Å². The van der Waals surface area contributed by atoms with Gasteiger partial charge in [0.05, 0.1) is 12.5 Å². The lowest BCUT2D eigenvalue weighted by Gasteiger charge is -2.36. The number of benzene rings is 2. The molecule has 1 aliphatic rings. The van der Waals surface area contributed by atoms with Crippen LogP contribution >= 0.6 is 0 Å². The number of carbonyl (C=O) groups excluding carboxylic acids is 2. The molecule has 0 unspecified atom stereocenters. The largest absolute Gasteiger partial charge is 0.497 e. The number of rotatable bonds is 6. The van der Waals surface area contributed by atoms with E-state index in [1.807, 2.05) is 87.6 Å². The number of hydrogen-bond donors (Lipinski definition) is 0. The molecule has 31 heavy (non-hydrogen) atoms. The van der Waals surface area contributed by atoms with E-state index >= 15 is 0 Å². The van der Waals surface area contributed by atoms with Gasteiger partial charge in [0.25, 0.3) is 0 Å². The number of methoxy groups -OCH3 is 1. The Kier molecular flexibility index (Phi) is 6.99. The molecule has 0 radical (unpaired) electrons. The predicted molar refractivity (Wildman–Crippen MR) is 125 cm³/mol. The first-order valence-corrected chi connectivity index (χ1v) is 11.0. The number of ketones is 1. The minimum atomic E-state index is -0.573. The van der Waals surface area contributed by atoms with Gasteiger partial charge < -0.3 is 4.74 Å². The van der Waals surface area contributed by atoms with E-state index in [0.29, 0.717) is 12.8 Å². The van der Waals surface area contributed by atoms with Crippen molar-refractivity contribution < 1.29 is 14.3 Å². The standard InChI is InChI=1S/C27H33NO3/c1-26(2,3)25(30)28(22-13-6-5-7-14-22)19-11-18-27(17-9-8-16-24(27)29)21-12-10-15-23(20-21)31-4/h5-7,10-15,19-20H,8-9,16-18H2,1-4H3/b19-11+/t27-/m0/s1. The smallest absolute Gasteiger partial charge is 0.236 e. The van der Waals surface area contributed by atoms with Crippen molar-refractivity contribution in [3.63, 3.8) is 0 Å². The van der Waals surface area contributed by atoms with Crippen molar-refractivity contribution in [1.82, 2.24) is 0 Å². The van der Waals surface area contributed by atoms with Crippen LogP contribution in [0.1, 0.15) is 58.4 Å². The van der Waals surface area contributed by atoms with Crippen LogP contribution in [0.3, 0.4) is 0 Å². The monoisotopic (exact) mass is 419 g/mol. The molecular weight excluding hydrogens is 386 g/mol. The number of para-hydroxylation sites is 1. The normalized spacial score (nSPS) is 19.4. The van der Waals surface area contributed by atoms with Gasteiger partial charge >= 0.3 is 0 Å². The van der Waals surface area contributed by atoms with Gasteiger partial charge in [0.15, 0.2) is 0 Å². The highest BCUT2D eigenvalue weighted by molar-refractivity contribution is 5.98. The van der Waals surface area contributed by atoms with E-state index in [0.717, 1.165) is 36.3 Å². The van der Waals surface area contributed by atoms with Crippen molar-refractivity contribution in [1.29, 1.82) is 0 Å². The second-order valence-corrected chi connectivity index (χ2v) is 9.29. The lowest BCUT2D eigenvalue weighted by atomic mass is 9.66. The summed E-state index contributed by atoms with van der Waals surface area (Å²) in [4.78, 5) is 28.0. The Labute approximate surface area is 185 Å². The Morgan fingerprint density at radius 2 is 1.84 bits per heavy atom. The van der Waals surface area contributed by atoms with E-state index in [9.17, 15) is 9.59 Å². The Morgan fingerprint density at radius 3 is 2.48 bits per heavy atom. The van der Waals surface area contributed by atoms with Gasteiger partial charge in [-0.3, -0.25) is 14.5 Å². The van der Waals surface area contributed by atoms with Gasteiger partial charge in [-0.15, -0.1) is 0 Å². The zero-order valence-electron chi connectivity index (χ0n) is 19.1. The molecule has 0 bridgehead atoms. The number of amides is 1. The molecule has 1 atom stereocenters. The summed E-state index contributed by atoms with van der Waals surface area (Å²) < 4.78 is 5.41. The second-order valence-electron chi connectivity index (χ2n) is 9.29. The topological polar surface area (TPSA) is 46.6 Å². The van der Waals surface area contributed by atoms with Gasteiger partial charge in [-0.1, -0.05) is 63.6 Å². The summed E-state index contributed by atoms with van der Waals surface area (Å²) in [5.74, 6) is 1.04. The van der Waals surface area contributed by atoms with Gasteiger partial charge in [-0.25, -0.2) is 0 Å². The van der Waals surface area contributed by atoms with E-state index in [4.69, 9.17) is 4.74 Å². The first kappa shape index (κ1) is 22.8. The quantitative estimate of drug-likeness (QED) is 0.572. The Morgan fingerprint density at radius 1 is 1.10 bits per heavy atom. The molecule has 4 heteroatoms. The fraction of sp³-hybridized carbons (Fsp3) is 0.407. The zero-order chi connectivity index (χ0) is 22.5. The number of anilines is 1. The van der Waals surface area contributed by atoms with Crippen molar-refractivity contribution >= 4 is 17.4 Å². The van der Waals surface area contributed by atoms with Gasteiger partial charge in [-0.05, 0) is 49.1 Å². The summed E-state index contributed by atoms with van der Waals surface area (Å²) in [6.07, 6.45) is 7.73. The summed E-state index contributed by atoms with van der Waals surface area (Å²) in [5, 5.41) is 0. The van der Waals surface area contributed by atoms with Crippen molar-refractivity contribution in [3.05, 3.63) is 72.4 Å². The Hall–Kier alpha value is -2.88. The lowest BCUT2D eigenvalue weighted by molar-refractivity contribution is -0.126. The second kappa shape index (κ2) is 9.51. The van der Waals surface area contributed by atoms with Crippen LogP contribution in [0.5, 0.6) is 5.75 Å². The van der Waals surface area contributed by atoms with Crippen LogP contribution in [0.25, 0.3) is 0 Å². The molecule has 3 rings (SSSR count). The molecule has 0 N–H and O–H groups in total. The highest BCUT2D eigenvalue weighted by Crippen LogP contribution is 2.41. The SMILES string of the molecule is COc1cccc([C@@]2(C/C=C/N(C(=O)C(C)(C)C)c3ccccc3)CCCCC2=O)c1. The van der Waals surface area contributed by atoms with Gasteiger partial charge in [0.2, 0.25) is 5.91 Å². The minimum Gasteiger partial charge on any atom is -0.497 e. The molecule has 0 aliphatic heterocycles.